The normalized spacial score (nSPS) is 16.7. The molecule has 150 valence electrons. The molecular formula is C20H22N2O5P-3. The van der Waals surface area contributed by atoms with Crippen LogP contribution in [-0.2, 0) is 9.98 Å². The van der Waals surface area contributed by atoms with E-state index < -0.39 is 7.82 Å². The van der Waals surface area contributed by atoms with Gasteiger partial charge in [-0.15, -0.1) is 0 Å². The monoisotopic (exact) mass is 401 g/mol. The number of aliphatic imine (C=N–C) groups is 1. The van der Waals surface area contributed by atoms with Gasteiger partial charge in [0.05, 0.1) is 12.8 Å². The number of likely N-dealkylation sites (N-methyl/N-ethyl adjacent to an activating group) is 1. The Hall–Kier alpha value is -2.44. The molecular weight excluding hydrogens is 379 g/mol. The third-order valence-corrected chi connectivity index (χ3v) is 4.47. The fraction of sp³-hybridized carbons (Fsp3) is 0.250. The van der Waals surface area contributed by atoms with Gasteiger partial charge < -0.3 is 28.9 Å². The lowest BCUT2D eigenvalue weighted by molar-refractivity contribution is -0.432. The molecule has 1 aliphatic heterocycles. The van der Waals surface area contributed by atoms with Crippen molar-refractivity contribution >= 4 is 25.4 Å². The smallest absolute Gasteiger partial charge is 0.119 e. The summed E-state index contributed by atoms with van der Waals surface area (Å²) >= 11 is 0. The predicted octanol–water partition coefficient (Wildman–Crippen LogP) is 1.88. The molecule has 0 saturated carbocycles. The van der Waals surface area contributed by atoms with Crippen molar-refractivity contribution in [3.05, 3.63) is 65.9 Å². The highest BCUT2D eigenvalue weighted by Crippen LogP contribution is 2.46. The number of fused-ring (bicyclic) bond motifs is 1. The maximum atomic E-state index is 8.55. The summed E-state index contributed by atoms with van der Waals surface area (Å²) in [6.07, 6.45) is 3.98. The Morgan fingerprint density at radius 3 is 2.18 bits per heavy atom. The van der Waals surface area contributed by atoms with Crippen molar-refractivity contribution in [3.8, 4) is 5.75 Å². The zero-order valence-corrected chi connectivity index (χ0v) is 17.1. The van der Waals surface area contributed by atoms with Gasteiger partial charge in [-0.1, -0.05) is 32.0 Å². The summed E-state index contributed by atoms with van der Waals surface area (Å²) in [5, 5.41) is 0. The first kappa shape index (κ1) is 21.9. The second kappa shape index (κ2) is 8.71. The van der Waals surface area contributed by atoms with E-state index >= 15 is 0 Å². The number of nitrogens with zero attached hydrogens (tertiary/aromatic N) is 2. The topological polar surface area (TPSA) is 111 Å². The highest BCUT2D eigenvalue weighted by molar-refractivity contribution is 7.40. The van der Waals surface area contributed by atoms with E-state index in [2.05, 4.69) is 61.1 Å². The van der Waals surface area contributed by atoms with Crippen LogP contribution in [0.2, 0.25) is 0 Å². The van der Waals surface area contributed by atoms with Crippen molar-refractivity contribution in [3.63, 3.8) is 0 Å². The second-order valence-corrected chi connectivity index (χ2v) is 7.57. The molecule has 0 aliphatic carbocycles. The Kier molecular flexibility index (Phi) is 6.80. The number of hydrogen-bond donors (Lipinski definition) is 0. The molecule has 0 radical (unpaired) electrons. The van der Waals surface area contributed by atoms with Crippen LogP contribution in [0.1, 0.15) is 19.4 Å². The van der Waals surface area contributed by atoms with E-state index in [9.17, 15) is 0 Å². The summed E-state index contributed by atoms with van der Waals surface area (Å²) in [4.78, 5) is 32.4. The number of phosphoric acid groups is 1. The molecule has 0 bridgehead atoms. The molecule has 2 aromatic rings. The van der Waals surface area contributed by atoms with Crippen LogP contribution in [0.25, 0.3) is 0 Å². The standard InChI is InChI=1S/C20H22N2O.H3O4P/c1-20(2)17-7-5-6-8-18(17)22(3)19(20)13-14-21-15-9-11-16(23-4)12-10-15;1-5(2,3)4/h5-14H,1-4H3;(H3,1,2,3,4)/p-3/b19-13+,21-14?;. The molecule has 2 aromatic carbocycles. The molecule has 7 nitrogen and oxygen atoms in total. The van der Waals surface area contributed by atoms with E-state index in [4.69, 9.17) is 24.0 Å². The van der Waals surface area contributed by atoms with E-state index in [0.717, 1.165) is 11.4 Å². The lowest BCUT2D eigenvalue weighted by Crippen LogP contribution is -2.24. The van der Waals surface area contributed by atoms with E-state index in [0.29, 0.717) is 0 Å². The average molecular weight is 401 g/mol. The largest absolute Gasteiger partial charge is 0.822 e. The number of allylic oxidation sites excluding steroid dienone is 2. The summed E-state index contributed by atoms with van der Waals surface area (Å²) in [6, 6.07) is 16.3. The third kappa shape index (κ3) is 5.53. The molecule has 8 heteroatoms. The van der Waals surface area contributed by atoms with Gasteiger partial charge in [0, 0.05) is 30.1 Å². The first-order valence-electron chi connectivity index (χ1n) is 8.49. The molecule has 28 heavy (non-hydrogen) atoms. The molecule has 1 aliphatic rings. The lowest BCUT2D eigenvalue weighted by atomic mass is 9.84. The van der Waals surface area contributed by atoms with Crippen molar-refractivity contribution in [1.29, 1.82) is 0 Å². The van der Waals surface area contributed by atoms with Gasteiger partial charge in [-0.3, -0.25) is 4.99 Å². The SMILES string of the molecule is COc1ccc(N=C/C=C2/N(C)c3ccccc3C2(C)C)cc1.O=P([O-])([O-])[O-]. The minimum Gasteiger partial charge on any atom is -0.822 e. The second-order valence-electron chi connectivity index (χ2n) is 6.68. The molecule has 1 heterocycles. The molecule has 0 spiro atoms. The van der Waals surface area contributed by atoms with Crippen LogP contribution < -0.4 is 24.3 Å². The first-order valence-corrected chi connectivity index (χ1v) is 9.95. The molecule has 0 saturated heterocycles. The quantitative estimate of drug-likeness (QED) is 0.574. The molecule has 0 aromatic heterocycles. The number of benzene rings is 2. The van der Waals surface area contributed by atoms with Crippen LogP contribution in [0, 0.1) is 0 Å². The minimum atomic E-state index is -5.39. The van der Waals surface area contributed by atoms with Gasteiger partial charge in [0.1, 0.15) is 5.75 Å². The van der Waals surface area contributed by atoms with Crippen LogP contribution >= 0.6 is 7.82 Å². The van der Waals surface area contributed by atoms with E-state index in [1.54, 1.807) is 7.11 Å². The Morgan fingerprint density at radius 1 is 1.07 bits per heavy atom. The van der Waals surface area contributed by atoms with Crippen molar-refractivity contribution in [2.75, 3.05) is 19.1 Å². The van der Waals surface area contributed by atoms with Crippen LogP contribution in [0.3, 0.4) is 0 Å². The molecule has 0 atom stereocenters. The van der Waals surface area contributed by atoms with Crippen LogP contribution in [0.4, 0.5) is 11.4 Å². The van der Waals surface area contributed by atoms with Gasteiger partial charge in [-0.25, -0.2) is 0 Å². The zero-order chi connectivity index (χ0) is 20.9. The van der Waals surface area contributed by atoms with Gasteiger partial charge in [0.15, 0.2) is 0 Å². The highest BCUT2D eigenvalue weighted by atomic mass is 31.2. The van der Waals surface area contributed by atoms with Gasteiger partial charge in [-0.05, 0) is 42.0 Å². The van der Waals surface area contributed by atoms with E-state index in [1.165, 1.54) is 16.9 Å². The van der Waals surface area contributed by atoms with Crippen molar-refractivity contribution in [1.82, 2.24) is 0 Å². The Labute approximate surface area is 164 Å². The van der Waals surface area contributed by atoms with Gasteiger partial charge in [-0.2, -0.15) is 7.82 Å². The molecule has 0 amide bonds. The van der Waals surface area contributed by atoms with E-state index in [1.807, 2.05) is 30.5 Å². The lowest BCUT2D eigenvalue weighted by Gasteiger charge is -2.36. The summed E-state index contributed by atoms with van der Waals surface area (Å²) in [6.45, 7) is 4.50. The van der Waals surface area contributed by atoms with Crippen molar-refractivity contribution in [2.45, 2.75) is 19.3 Å². The number of methoxy groups -OCH3 is 1. The van der Waals surface area contributed by atoms with Gasteiger partial charge in [0.25, 0.3) is 0 Å². The number of anilines is 1. The summed E-state index contributed by atoms with van der Waals surface area (Å²) in [7, 11) is -1.61. The summed E-state index contributed by atoms with van der Waals surface area (Å²) in [5.41, 5.74) is 4.76. The fourth-order valence-corrected chi connectivity index (χ4v) is 3.16. The Balaban J connectivity index is 0.000000500. The first-order chi connectivity index (χ1) is 13.0. The third-order valence-electron chi connectivity index (χ3n) is 4.47. The summed E-state index contributed by atoms with van der Waals surface area (Å²) < 4.78 is 13.7. The Morgan fingerprint density at radius 2 is 1.64 bits per heavy atom. The molecule has 0 unspecified atom stereocenters. The van der Waals surface area contributed by atoms with Crippen molar-refractivity contribution < 1.29 is 24.0 Å². The summed E-state index contributed by atoms with van der Waals surface area (Å²) in [5.74, 6) is 0.842. The van der Waals surface area contributed by atoms with Crippen LogP contribution in [-0.4, -0.2) is 20.4 Å². The minimum absolute atomic E-state index is 0.0166. The number of para-hydroxylation sites is 1. The maximum Gasteiger partial charge on any atom is 0.119 e. The van der Waals surface area contributed by atoms with Crippen molar-refractivity contribution in [2.24, 2.45) is 4.99 Å². The zero-order valence-electron chi connectivity index (χ0n) is 16.2. The van der Waals surface area contributed by atoms with Gasteiger partial charge in [0.2, 0.25) is 0 Å². The van der Waals surface area contributed by atoms with Gasteiger partial charge >= 0.3 is 0 Å². The van der Waals surface area contributed by atoms with Crippen LogP contribution in [0.15, 0.2) is 65.3 Å². The molecule has 3 rings (SSSR count). The highest BCUT2D eigenvalue weighted by Gasteiger charge is 2.37. The predicted molar refractivity (Wildman–Crippen MR) is 105 cm³/mol. The fourth-order valence-electron chi connectivity index (χ4n) is 3.16. The maximum absolute atomic E-state index is 8.55. The average Bonchev–Trinajstić information content (AvgIpc) is 2.82. The molecule has 0 N–H and O–H groups in total. The van der Waals surface area contributed by atoms with Crippen LogP contribution in [0.5, 0.6) is 5.75 Å². The number of hydrogen-bond acceptors (Lipinski definition) is 7. The number of ether oxygens (including phenoxy) is 1. The number of rotatable bonds is 3. The van der Waals surface area contributed by atoms with E-state index in [-0.39, 0.29) is 5.41 Å². The molecule has 0 fully saturated rings. The Bertz CT molecular complexity index is 908.